The molecule has 0 amide bonds. The van der Waals surface area contributed by atoms with Gasteiger partial charge in [-0.15, -0.1) is 0 Å². The normalized spacial score (nSPS) is 11.0. The second-order valence-electron chi connectivity index (χ2n) is 12.6. The van der Waals surface area contributed by atoms with E-state index in [0.29, 0.717) is 0 Å². The van der Waals surface area contributed by atoms with Crippen LogP contribution in [-0.2, 0) is 6.42 Å². The molecule has 4 aromatic rings. The van der Waals surface area contributed by atoms with Gasteiger partial charge in [-0.25, -0.2) is 9.97 Å². The van der Waals surface area contributed by atoms with Crippen molar-refractivity contribution in [1.82, 2.24) is 9.97 Å². The summed E-state index contributed by atoms with van der Waals surface area (Å²) >= 11 is 0. The van der Waals surface area contributed by atoms with Crippen LogP contribution in [0.4, 0.5) is 0 Å². The van der Waals surface area contributed by atoms with E-state index in [1.165, 1.54) is 87.3 Å². The highest BCUT2D eigenvalue weighted by Gasteiger charge is 2.04. The lowest BCUT2D eigenvalue weighted by Crippen LogP contribution is -1.99. The van der Waals surface area contributed by atoms with Crippen molar-refractivity contribution in [2.24, 2.45) is 0 Å². The van der Waals surface area contributed by atoms with Gasteiger partial charge in [-0.2, -0.15) is 0 Å². The van der Waals surface area contributed by atoms with Gasteiger partial charge < -0.3 is 14.2 Å². The molecule has 0 N–H and O–H groups in total. The molecule has 0 unspecified atom stereocenters. The van der Waals surface area contributed by atoms with Crippen molar-refractivity contribution in [2.75, 3.05) is 20.3 Å². The average molecular weight is 637 g/mol. The van der Waals surface area contributed by atoms with Gasteiger partial charge in [0.15, 0.2) is 5.82 Å². The summed E-state index contributed by atoms with van der Waals surface area (Å²) in [7, 11) is 1.69. The Morgan fingerprint density at radius 3 is 1.32 bits per heavy atom. The molecule has 0 spiro atoms. The van der Waals surface area contributed by atoms with Crippen LogP contribution in [0.25, 0.3) is 22.5 Å². The zero-order valence-corrected chi connectivity index (χ0v) is 28.9. The van der Waals surface area contributed by atoms with Gasteiger partial charge in [0.05, 0.1) is 20.3 Å². The summed E-state index contributed by atoms with van der Waals surface area (Å²) in [6.45, 7) is 3.76. The van der Waals surface area contributed by atoms with Crippen LogP contribution < -0.4 is 14.2 Å². The van der Waals surface area contributed by atoms with Gasteiger partial charge in [-0.1, -0.05) is 108 Å². The molecule has 252 valence electrons. The van der Waals surface area contributed by atoms with E-state index in [4.69, 9.17) is 14.2 Å². The van der Waals surface area contributed by atoms with Gasteiger partial charge in [-0.05, 0) is 90.9 Å². The van der Waals surface area contributed by atoms with Crippen molar-refractivity contribution in [2.45, 2.75) is 110 Å². The van der Waals surface area contributed by atoms with Crippen LogP contribution in [0.15, 0.2) is 85.2 Å². The molecule has 0 aliphatic carbocycles. The summed E-state index contributed by atoms with van der Waals surface area (Å²) in [5, 5.41) is 0. The number of unbranched alkanes of at least 4 members (excludes halogenated alkanes) is 13. The van der Waals surface area contributed by atoms with Crippen molar-refractivity contribution < 1.29 is 14.2 Å². The first-order chi connectivity index (χ1) is 23.2. The Labute approximate surface area is 284 Å². The van der Waals surface area contributed by atoms with Crippen molar-refractivity contribution in [3.63, 3.8) is 0 Å². The van der Waals surface area contributed by atoms with E-state index in [0.717, 1.165) is 74.0 Å². The quantitative estimate of drug-likeness (QED) is 0.0716. The summed E-state index contributed by atoms with van der Waals surface area (Å²) in [5.74, 6) is 3.47. The minimum atomic E-state index is 0.737. The van der Waals surface area contributed by atoms with Crippen LogP contribution >= 0.6 is 0 Å². The summed E-state index contributed by atoms with van der Waals surface area (Å²) in [6.07, 6.45) is 24.3. The smallest absolute Gasteiger partial charge is 0.159 e. The predicted octanol–water partition coefficient (Wildman–Crippen LogP) is 11.7. The number of aromatic nitrogens is 2. The van der Waals surface area contributed by atoms with Crippen molar-refractivity contribution in [1.29, 1.82) is 0 Å². The second-order valence-corrected chi connectivity index (χ2v) is 12.6. The third-order valence-corrected chi connectivity index (χ3v) is 8.74. The number of nitrogens with zero attached hydrogens (tertiary/aromatic N) is 2. The lowest BCUT2D eigenvalue weighted by atomic mass is 10.0. The van der Waals surface area contributed by atoms with Crippen LogP contribution in [0.3, 0.4) is 0 Å². The molecule has 0 saturated heterocycles. The topological polar surface area (TPSA) is 53.5 Å². The van der Waals surface area contributed by atoms with Crippen LogP contribution in [0, 0.1) is 0 Å². The fraction of sp³-hybridized carbons (Fsp3) is 0.476. The Bertz CT molecular complexity index is 1350. The zero-order valence-electron chi connectivity index (χ0n) is 28.9. The standard InChI is InChI=1S/C42H56N2O3/c1-3-4-5-6-7-8-9-10-12-15-18-35-33-43-42(44-34-35)38-23-29-41(30-24-38)47-32-17-14-11-13-16-31-46-40-27-21-37(22-28-40)36-19-25-39(45-2)26-20-36/h19-30,33-34H,3-18,31-32H2,1-2H3. The Morgan fingerprint density at radius 1 is 0.447 bits per heavy atom. The number of rotatable bonds is 24. The fourth-order valence-electron chi connectivity index (χ4n) is 5.79. The number of benzene rings is 3. The minimum absolute atomic E-state index is 0.737. The molecule has 0 aliphatic rings. The van der Waals surface area contributed by atoms with Crippen LogP contribution in [0.5, 0.6) is 17.2 Å². The SMILES string of the molecule is CCCCCCCCCCCCc1cnc(-c2ccc(OCCCCCCCOc3ccc(-c4ccc(OC)cc4)cc3)cc2)nc1. The number of hydrogen-bond donors (Lipinski definition) is 0. The van der Waals surface area contributed by atoms with Gasteiger partial charge in [0.2, 0.25) is 0 Å². The van der Waals surface area contributed by atoms with Gasteiger partial charge in [0, 0.05) is 18.0 Å². The monoisotopic (exact) mass is 636 g/mol. The first-order valence-electron chi connectivity index (χ1n) is 18.2. The number of hydrogen-bond acceptors (Lipinski definition) is 5. The first kappa shape index (κ1) is 36.0. The van der Waals surface area contributed by atoms with Crippen LogP contribution in [0.2, 0.25) is 0 Å². The van der Waals surface area contributed by atoms with Crippen molar-refractivity contribution >= 4 is 0 Å². The van der Waals surface area contributed by atoms with Gasteiger partial charge in [0.1, 0.15) is 17.2 Å². The highest BCUT2D eigenvalue weighted by atomic mass is 16.5. The van der Waals surface area contributed by atoms with Crippen LogP contribution in [-0.4, -0.2) is 30.3 Å². The van der Waals surface area contributed by atoms with Crippen molar-refractivity contribution in [3.05, 3.63) is 90.8 Å². The number of ether oxygens (including phenoxy) is 3. The fourth-order valence-corrected chi connectivity index (χ4v) is 5.79. The Balaban J connectivity index is 1.00. The highest BCUT2D eigenvalue weighted by Crippen LogP contribution is 2.25. The molecule has 5 heteroatoms. The lowest BCUT2D eigenvalue weighted by Gasteiger charge is -2.09. The molecule has 0 saturated carbocycles. The minimum Gasteiger partial charge on any atom is -0.497 e. The van der Waals surface area contributed by atoms with Gasteiger partial charge in [0.25, 0.3) is 0 Å². The largest absolute Gasteiger partial charge is 0.497 e. The zero-order chi connectivity index (χ0) is 32.8. The van der Waals surface area contributed by atoms with Gasteiger partial charge >= 0.3 is 0 Å². The predicted molar refractivity (Wildman–Crippen MR) is 196 cm³/mol. The van der Waals surface area contributed by atoms with E-state index < -0.39 is 0 Å². The summed E-state index contributed by atoms with van der Waals surface area (Å²) in [4.78, 5) is 9.26. The van der Waals surface area contributed by atoms with Gasteiger partial charge in [-0.3, -0.25) is 0 Å². The highest BCUT2D eigenvalue weighted by molar-refractivity contribution is 5.64. The molecule has 0 atom stereocenters. The summed E-state index contributed by atoms with van der Waals surface area (Å²) < 4.78 is 17.2. The van der Waals surface area contributed by atoms with E-state index in [1.54, 1.807) is 7.11 Å². The molecular weight excluding hydrogens is 580 g/mol. The average Bonchev–Trinajstić information content (AvgIpc) is 3.12. The number of methoxy groups -OCH3 is 1. The molecule has 0 radical (unpaired) electrons. The Morgan fingerprint density at radius 2 is 0.851 bits per heavy atom. The first-order valence-corrected chi connectivity index (χ1v) is 18.2. The summed E-state index contributed by atoms with van der Waals surface area (Å²) in [6, 6.07) is 24.6. The summed E-state index contributed by atoms with van der Waals surface area (Å²) in [5.41, 5.74) is 4.60. The molecular formula is C42H56N2O3. The molecule has 3 aromatic carbocycles. The van der Waals surface area contributed by atoms with E-state index in [-0.39, 0.29) is 0 Å². The third-order valence-electron chi connectivity index (χ3n) is 8.74. The molecule has 1 heterocycles. The maximum absolute atomic E-state index is 5.98. The molecule has 47 heavy (non-hydrogen) atoms. The molecule has 4 rings (SSSR count). The molecule has 0 bridgehead atoms. The molecule has 0 aliphatic heterocycles. The Hall–Kier alpha value is -3.86. The van der Waals surface area contributed by atoms with E-state index >= 15 is 0 Å². The number of aryl methyl sites for hydroxylation is 1. The molecule has 1 aromatic heterocycles. The van der Waals surface area contributed by atoms with Crippen LogP contribution in [0.1, 0.15) is 109 Å². The second kappa shape index (κ2) is 21.8. The molecule has 0 fully saturated rings. The maximum atomic E-state index is 5.98. The third kappa shape index (κ3) is 13.8. The van der Waals surface area contributed by atoms with E-state index in [1.807, 2.05) is 48.8 Å². The lowest BCUT2D eigenvalue weighted by molar-refractivity contribution is 0.293. The van der Waals surface area contributed by atoms with E-state index in [2.05, 4.69) is 53.3 Å². The van der Waals surface area contributed by atoms with E-state index in [9.17, 15) is 0 Å². The maximum Gasteiger partial charge on any atom is 0.159 e. The van der Waals surface area contributed by atoms with Crippen molar-refractivity contribution in [3.8, 4) is 39.8 Å². The molecule has 5 nitrogen and oxygen atoms in total. The Kier molecular flexibility index (Phi) is 16.7.